The first-order valence-corrected chi connectivity index (χ1v) is 7.89. The fourth-order valence-corrected chi connectivity index (χ4v) is 2.95. The number of para-hydroxylation sites is 2. The molecule has 1 aliphatic rings. The van der Waals surface area contributed by atoms with Gasteiger partial charge in [0, 0.05) is 17.8 Å². The van der Waals surface area contributed by atoms with Gasteiger partial charge in [-0.1, -0.05) is 42.8 Å². The molecule has 0 aromatic heterocycles. The number of carbonyl (C=O) groups excluding carboxylic acids is 1. The largest absolute Gasteiger partial charge is 0.463 e. The Morgan fingerprint density at radius 3 is 2.05 bits per heavy atom. The van der Waals surface area contributed by atoms with Crippen molar-refractivity contribution in [3.63, 3.8) is 0 Å². The van der Waals surface area contributed by atoms with Gasteiger partial charge in [0.15, 0.2) is 0 Å². The average molecular weight is 295 g/mol. The summed E-state index contributed by atoms with van der Waals surface area (Å²) in [5, 5.41) is 0. The van der Waals surface area contributed by atoms with Crippen molar-refractivity contribution in [2.24, 2.45) is 0 Å². The van der Waals surface area contributed by atoms with Crippen molar-refractivity contribution in [2.75, 3.05) is 11.5 Å². The van der Waals surface area contributed by atoms with Crippen LogP contribution >= 0.6 is 0 Å². The summed E-state index contributed by atoms with van der Waals surface area (Å²) in [6, 6.07) is 20.8. The minimum Gasteiger partial charge on any atom is -0.463 e. The summed E-state index contributed by atoms with van der Waals surface area (Å²) in [7, 11) is 0. The van der Waals surface area contributed by atoms with Crippen molar-refractivity contribution in [3.05, 3.63) is 60.7 Å². The Kier molecular flexibility index (Phi) is 4.74. The molecule has 0 saturated carbocycles. The summed E-state index contributed by atoms with van der Waals surface area (Å²) >= 11 is 0. The van der Waals surface area contributed by atoms with Crippen molar-refractivity contribution >= 4 is 17.3 Å². The maximum Gasteiger partial charge on any atom is 0.305 e. The second-order valence-electron chi connectivity index (χ2n) is 5.62. The van der Waals surface area contributed by atoms with Gasteiger partial charge in [-0.15, -0.1) is 0 Å². The van der Waals surface area contributed by atoms with Gasteiger partial charge >= 0.3 is 5.97 Å². The molecule has 1 aliphatic heterocycles. The highest BCUT2D eigenvalue weighted by Gasteiger charge is 2.23. The molecule has 1 unspecified atom stereocenters. The SMILES string of the molecule is O=C1CCCCC(N(c2ccccc2)c2ccccc2)CO1. The zero-order chi connectivity index (χ0) is 15.2. The summed E-state index contributed by atoms with van der Waals surface area (Å²) in [6.07, 6.45) is 3.53. The lowest BCUT2D eigenvalue weighted by Crippen LogP contribution is -2.37. The fraction of sp³-hybridized carbons (Fsp3) is 0.316. The second kappa shape index (κ2) is 7.12. The Morgan fingerprint density at radius 1 is 0.864 bits per heavy atom. The van der Waals surface area contributed by atoms with Gasteiger partial charge in [0.25, 0.3) is 0 Å². The normalized spacial score (nSPS) is 18.9. The van der Waals surface area contributed by atoms with Crippen LogP contribution in [0, 0.1) is 0 Å². The quantitative estimate of drug-likeness (QED) is 0.790. The van der Waals surface area contributed by atoms with Crippen LogP contribution < -0.4 is 4.90 Å². The predicted octanol–water partition coefficient (Wildman–Crippen LogP) is 4.31. The number of carbonyl (C=O) groups is 1. The highest BCUT2D eigenvalue weighted by atomic mass is 16.5. The van der Waals surface area contributed by atoms with Gasteiger partial charge in [-0.3, -0.25) is 4.79 Å². The minimum absolute atomic E-state index is 0.0780. The topological polar surface area (TPSA) is 29.5 Å². The molecule has 0 amide bonds. The number of hydrogen-bond acceptors (Lipinski definition) is 3. The number of esters is 1. The molecule has 114 valence electrons. The summed E-state index contributed by atoms with van der Waals surface area (Å²) in [6.45, 7) is 0.447. The van der Waals surface area contributed by atoms with E-state index < -0.39 is 0 Å². The second-order valence-corrected chi connectivity index (χ2v) is 5.62. The summed E-state index contributed by atoms with van der Waals surface area (Å²) < 4.78 is 5.44. The number of benzene rings is 2. The molecule has 0 N–H and O–H groups in total. The smallest absolute Gasteiger partial charge is 0.305 e. The van der Waals surface area contributed by atoms with Crippen LogP contribution in [0.5, 0.6) is 0 Å². The number of cyclic esters (lactones) is 1. The number of ether oxygens (including phenoxy) is 1. The first-order chi connectivity index (χ1) is 10.8. The third-order valence-electron chi connectivity index (χ3n) is 4.04. The summed E-state index contributed by atoms with van der Waals surface area (Å²) in [5.74, 6) is -0.0780. The van der Waals surface area contributed by atoms with Crippen LogP contribution in [-0.4, -0.2) is 18.6 Å². The molecule has 0 radical (unpaired) electrons. The molecule has 3 nitrogen and oxygen atoms in total. The lowest BCUT2D eigenvalue weighted by Gasteiger charge is -2.34. The van der Waals surface area contributed by atoms with Gasteiger partial charge in [0.05, 0.1) is 6.04 Å². The Labute approximate surface area is 131 Å². The zero-order valence-electron chi connectivity index (χ0n) is 12.7. The molecular weight excluding hydrogens is 274 g/mol. The van der Waals surface area contributed by atoms with E-state index in [4.69, 9.17) is 4.74 Å². The third-order valence-corrected chi connectivity index (χ3v) is 4.04. The summed E-state index contributed by atoms with van der Waals surface area (Å²) in [5.41, 5.74) is 2.27. The van der Waals surface area contributed by atoms with Crippen LogP contribution in [0.2, 0.25) is 0 Å². The molecule has 22 heavy (non-hydrogen) atoms. The standard InChI is InChI=1S/C19H21NO2/c21-19-14-8-7-13-18(15-22-19)20(16-9-3-1-4-10-16)17-11-5-2-6-12-17/h1-6,9-12,18H,7-8,13-15H2. The molecule has 2 aromatic carbocycles. The molecule has 1 saturated heterocycles. The number of rotatable bonds is 3. The minimum atomic E-state index is -0.0780. The Bertz CT molecular complexity index is 558. The first-order valence-electron chi connectivity index (χ1n) is 7.89. The monoisotopic (exact) mass is 295 g/mol. The van der Waals surface area contributed by atoms with E-state index in [2.05, 4.69) is 29.2 Å². The molecule has 3 rings (SSSR count). The van der Waals surface area contributed by atoms with E-state index in [1.807, 2.05) is 36.4 Å². The molecule has 0 spiro atoms. The number of nitrogens with zero attached hydrogens (tertiary/aromatic N) is 1. The number of hydrogen-bond donors (Lipinski definition) is 0. The molecule has 1 atom stereocenters. The van der Waals surface area contributed by atoms with Crippen molar-refractivity contribution in [1.82, 2.24) is 0 Å². The van der Waals surface area contributed by atoms with E-state index in [1.54, 1.807) is 0 Å². The predicted molar refractivity (Wildman–Crippen MR) is 88.2 cm³/mol. The average Bonchev–Trinajstić information content (AvgIpc) is 2.56. The van der Waals surface area contributed by atoms with E-state index in [-0.39, 0.29) is 12.0 Å². The van der Waals surface area contributed by atoms with E-state index in [0.29, 0.717) is 13.0 Å². The van der Waals surface area contributed by atoms with E-state index in [0.717, 1.165) is 30.6 Å². The molecule has 3 heteroatoms. The molecule has 1 fully saturated rings. The lowest BCUT2D eigenvalue weighted by molar-refractivity contribution is -0.144. The molecule has 2 aromatic rings. The Morgan fingerprint density at radius 2 is 1.45 bits per heavy atom. The molecular formula is C19H21NO2. The van der Waals surface area contributed by atoms with E-state index >= 15 is 0 Å². The van der Waals surface area contributed by atoms with Crippen molar-refractivity contribution < 1.29 is 9.53 Å². The highest BCUT2D eigenvalue weighted by molar-refractivity contribution is 5.70. The Hall–Kier alpha value is -2.29. The maximum atomic E-state index is 11.6. The molecule has 0 aliphatic carbocycles. The highest BCUT2D eigenvalue weighted by Crippen LogP contribution is 2.30. The molecule has 1 heterocycles. The van der Waals surface area contributed by atoms with Crippen molar-refractivity contribution in [2.45, 2.75) is 31.7 Å². The van der Waals surface area contributed by atoms with E-state index in [9.17, 15) is 4.79 Å². The van der Waals surface area contributed by atoms with Crippen LogP contribution in [0.3, 0.4) is 0 Å². The lowest BCUT2D eigenvalue weighted by atomic mass is 10.0. The third kappa shape index (κ3) is 3.48. The zero-order valence-corrected chi connectivity index (χ0v) is 12.7. The van der Waals surface area contributed by atoms with Crippen LogP contribution in [0.15, 0.2) is 60.7 Å². The van der Waals surface area contributed by atoms with Gasteiger partial charge in [0.1, 0.15) is 6.61 Å². The van der Waals surface area contributed by atoms with Gasteiger partial charge in [-0.25, -0.2) is 0 Å². The van der Waals surface area contributed by atoms with Crippen molar-refractivity contribution in [1.29, 1.82) is 0 Å². The Balaban J connectivity index is 1.92. The first kappa shape index (κ1) is 14.6. The number of anilines is 2. The van der Waals surface area contributed by atoms with E-state index in [1.165, 1.54) is 0 Å². The molecule has 0 bridgehead atoms. The fourth-order valence-electron chi connectivity index (χ4n) is 2.95. The van der Waals surface area contributed by atoms with Crippen LogP contribution in [-0.2, 0) is 9.53 Å². The van der Waals surface area contributed by atoms with Crippen LogP contribution in [0.25, 0.3) is 0 Å². The van der Waals surface area contributed by atoms with Crippen molar-refractivity contribution in [3.8, 4) is 0 Å². The van der Waals surface area contributed by atoms with Gasteiger partial charge in [-0.05, 0) is 37.1 Å². The summed E-state index contributed by atoms with van der Waals surface area (Å²) in [4.78, 5) is 13.9. The van der Waals surface area contributed by atoms with Gasteiger partial charge in [-0.2, -0.15) is 0 Å². The van der Waals surface area contributed by atoms with Crippen LogP contribution in [0.4, 0.5) is 11.4 Å². The van der Waals surface area contributed by atoms with Gasteiger partial charge in [0.2, 0.25) is 0 Å². The van der Waals surface area contributed by atoms with Gasteiger partial charge < -0.3 is 9.64 Å². The van der Waals surface area contributed by atoms with Crippen LogP contribution in [0.1, 0.15) is 25.7 Å². The maximum absolute atomic E-state index is 11.6.